The van der Waals surface area contributed by atoms with Crippen molar-refractivity contribution in [3.8, 4) is 11.5 Å². The van der Waals surface area contributed by atoms with Gasteiger partial charge in [0, 0.05) is 5.56 Å². The average Bonchev–Trinajstić information content (AvgIpc) is 2.78. The number of rotatable bonds is 8. The summed E-state index contributed by atoms with van der Waals surface area (Å²) in [5.41, 5.74) is 6.69. The lowest BCUT2D eigenvalue weighted by atomic mass is 9.84. The number of benzene rings is 3. The molecule has 0 saturated carbocycles. The van der Waals surface area contributed by atoms with E-state index >= 15 is 0 Å². The average molecular weight is 404 g/mol. The molecule has 3 aromatic rings. The highest BCUT2D eigenvalue weighted by Gasteiger charge is 2.31. The van der Waals surface area contributed by atoms with E-state index in [1.165, 1.54) is 7.11 Å². The highest BCUT2D eigenvalue weighted by Crippen LogP contribution is 2.31. The molecule has 0 aliphatic rings. The summed E-state index contributed by atoms with van der Waals surface area (Å²) in [6.07, 6.45) is 0. The van der Waals surface area contributed by atoms with Gasteiger partial charge in [-0.2, -0.15) is 0 Å². The molecule has 0 bridgehead atoms. The number of nitrogens with one attached hydrogen (secondary N) is 1. The summed E-state index contributed by atoms with van der Waals surface area (Å²) >= 11 is 0. The summed E-state index contributed by atoms with van der Waals surface area (Å²) in [6.45, 7) is 1.69. The van der Waals surface area contributed by atoms with Gasteiger partial charge in [-0.05, 0) is 36.2 Å². The molecule has 6 nitrogen and oxygen atoms in total. The van der Waals surface area contributed by atoms with Gasteiger partial charge in [-0.3, -0.25) is 9.59 Å². The zero-order valence-corrected chi connectivity index (χ0v) is 16.9. The third kappa shape index (κ3) is 4.60. The third-order valence-electron chi connectivity index (χ3n) is 4.86. The van der Waals surface area contributed by atoms with Crippen molar-refractivity contribution in [2.45, 2.75) is 12.5 Å². The fourth-order valence-electron chi connectivity index (χ4n) is 3.23. The van der Waals surface area contributed by atoms with Crippen LogP contribution in [0.15, 0.2) is 78.9 Å². The van der Waals surface area contributed by atoms with E-state index in [9.17, 15) is 9.59 Å². The molecule has 0 heterocycles. The molecule has 0 aliphatic carbocycles. The van der Waals surface area contributed by atoms with Crippen LogP contribution in [-0.2, 0) is 10.3 Å². The first-order valence-corrected chi connectivity index (χ1v) is 9.47. The van der Waals surface area contributed by atoms with E-state index in [4.69, 9.17) is 15.2 Å². The van der Waals surface area contributed by atoms with Gasteiger partial charge in [0.1, 0.15) is 0 Å². The van der Waals surface area contributed by atoms with Crippen LogP contribution in [0.3, 0.4) is 0 Å². The summed E-state index contributed by atoms with van der Waals surface area (Å²) in [5, 5.41) is 3.15. The van der Waals surface area contributed by atoms with Gasteiger partial charge in [0.15, 0.2) is 18.1 Å². The summed E-state index contributed by atoms with van der Waals surface area (Å²) in [5.74, 6) is -0.197. The second-order valence-corrected chi connectivity index (χ2v) is 6.93. The van der Waals surface area contributed by atoms with Crippen LogP contribution in [0.5, 0.6) is 11.5 Å². The Hall–Kier alpha value is -3.80. The van der Waals surface area contributed by atoms with Gasteiger partial charge in [-0.25, -0.2) is 0 Å². The molecule has 0 atom stereocenters. The fraction of sp³-hybridized carbons (Fsp3) is 0.167. The molecule has 0 saturated heterocycles. The molecule has 2 amide bonds. The van der Waals surface area contributed by atoms with Crippen molar-refractivity contribution in [3.05, 3.63) is 95.6 Å². The minimum Gasteiger partial charge on any atom is -0.493 e. The summed E-state index contributed by atoms with van der Waals surface area (Å²) in [7, 11) is 1.46. The first-order valence-electron chi connectivity index (χ1n) is 9.47. The molecule has 0 aliphatic heterocycles. The summed E-state index contributed by atoms with van der Waals surface area (Å²) in [4.78, 5) is 24.1. The molecule has 0 radical (unpaired) electrons. The van der Waals surface area contributed by atoms with Gasteiger partial charge in [0.2, 0.25) is 0 Å². The Bertz CT molecular complexity index is 980. The number of hydrogen-bond donors (Lipinski definition) is 2. The Morgan fingerprint density at radius 2 is 1.47 bits per heavy atom. The van der Waals surface area contributed by atoms with Crippen LogP contribution in [0.2, 0.25) is 0 Å². The SMILES string of the molecule is COc1cc(C(=O)NC(C)(c2ccccc2)c2ccccc2)ccc1OCC(N)=O. The molecule has 0 aromatic heterocycles. The Morgan fingerprint density at radius 3 is 1.97 bits per heavy atom. The number of carbonyl (C=O) groups is 2. The van der Waals surface area contributed by atoms with Crippen molar-refractivity contribution >= 4 is 11.8 Å². The largest absolute Gasteiger partial charge is 0.493 e. The number of ether oxygens (including phenoxy) is 2. The molecule has 3 rings (SSSR count). The molecule has 3 N–H and O–H groups in total. The van der Waals surface area contributed by atoms with Crippen LogP contribution in [-0.4, -0.2) is 25.5 Å². The lowest BCUT2D eigenvalue weighted by Crippen LogP contribution is -2.44. The van der Waals surface area contributed by atoms with E-state index in [1.54, 1.807) is 18.2 Å². The van der Waals surface area contributed by atoms with E-state index in [2.05, 4.69) is 5.32 Å². The maximum absolute atomic E-state index is 13.2. The molecule has 30 heavy (non-hydrogen) atoms. The highest BCUT2D eigenvalue weighted by molar-refractivity contribution is 5.95. The second kappa shape index (κ2) is 9.13. The van der Waals surface area contributed by atoms with Crippen molar-refractivity contribution in [3.63, 3.8) is 0 Å². The standard InChI is InChI=1S/C24H24N2O4/c1-24(18-9-5-3-6-10-18,19-11-7-4-8-12-19)26-23(28)17-13-14-20(21(15-17)29-2)30-16-22(25)27/h3-15H,16H2,1-2H3,(H2,25,27)(H,26,28). The maximum Gasteiger partial charge on any atom is 0.255 e. The Kier molecular flexibility index (Phi) is 6.37. The number of hydrogen-bond acceptors (Lipinski definition) is 4. The van der Waals surface area contributed by atoms with Crippen LogP contribution < -0.4 is 20.5 Å². The minimum absolute atomic E-state index is 0.273. The van der Waals surface area contributed by atoms with Crippen LogP contribution in [0.25, 0.3) is 0 Å². The summed E-state index contributed by atoms with van der Waals surface area (Å²) < 4.78 is 10.6. The maximum atomic E-state index is 13.2. The van der Waals surface area contributed by atoms with Crippen LogP contribution in [0, 0.1) is 0 Å². The predicted octanol–water partition coefficient (Wildman–Crippen LogP) is 3.25. The van der Waals surface area contributed by atoms with Gasteiger partial charge in [-0.15, -0.1) is 0 Å². The number of carbonyl (C=O) groups excluding carboxylic acids is 2. The topological polar surface area (TPSA) is 90.7 Å². The van der Waals surface area contributed by atoms with Gasteiger partial charge in [0.25, 0.3) is 11.8 Å². The van der Waals surface area contributed by atoms with Crippen LogP contribution in [0.1, 0.15) is 28.4 Å². The molecule has 0 unspecified atom stereocenters. The monoisotopic (exact) mass is 404 g/mol. The number of methoxy groups -OCH3 is 1. The molecular formula is C24H24N2O4. The summed E-state index contributed by atoms with van der Waals surface area (Å²) in [6, 6.07) is 24.3. The zero-order valence-electron chi connectivity index (χ0n) is 16.9. The van der Waals surface area contributed by atoms with E-state index < -0.39 is 11.4 Å². The smallest absolute Gasteiger partial charge is 0.255 e. The van der Waals surface area contributed by atoms with Crippen LogP contribution in [0.4, 0.5) is 0 Å². The van der Waals surface area contributed by atoms with Crippen molar-refractivity contribution < 1.29 is 19.1 Å². The zero-order chi connectivity index (χ0) is 21.6. The molecule has 0 spiro atoms. The van der Waals surface area contributed by atoms with E-state index in [0.29, 0.717) is 17.1 Å². The van der Waals surface area contributed by atoms with Gasteiger partial charge >= 0.3 is 0 Å². The predicted molar refractivity (Wildman–Crippen MR) is 114 cm³/mol. The molecule has 0 fully saturated rings. The van der Waals surface area contributed by atoms with Gasteiger partial charge < -0.3 is 20.5 Å². The third-order valence-corrected chi connectivity index (χ3v) is 4.86. The Labute approximate surface area is 175 Å². The number of amides is 2. The molecular weight excluding hydrogens is 380 g/mol. The quantitative estimate of drug-likeness (QED) is 0.603. The van der Waals surface area contributed by atoms with E-state index in [-0.39, 0.29) is 12.5 Å². The fourth-order valence-corrected chi connectivity index (χ4v) is 3.23. The molecule has 154 valence electrons. The van der Waals surface area contributed by atoms with Gasteiger partial charge in [-0.1, -0.05) is 60.7 Å². The van der Waals surface area contributed by atoms with E-state index in [0.717, 1.165) is 11.1 Å². The van der Waals surface area contributed by atoms with Crippen LogP contribution >= 0.6 is 0 Å². The lowest BCUT2D eigenvalue weighted by molar-refractivity contribution is -0.119. The van der Waals surface area contributed by atoms with Crippen molar-refractivity contribution in [2.75, 3.05) is 13.7 Å². The molecule has 6 heteroatoms. The highest BCUT2D eigenvalue weighted by atomic mass is 16.5. The lowest BCUT2D eigenvalue weighted by Gasteiger charge is -2.32. The van der Waals surface area contributed by atoms with Crippen molar-refractivity contribution in [1.29, 1.82) is 0 Å². The first kappa shape index (κ1) is 20.9. The van der Waals surface area contributed by atoms with Gasteiger partial charge in [0.05, 0.1) is 12.6 Å². The van der Waals surface area contributed by atoms with E-state index in [1.807, 2.05) is 67.6 Å². The Morgan fingerprint density at radius 1 is 0.900 bits per heavy atom. The Balaban J connectivity index is 1.92. The molecule has 3 aromatic carbocycles. The minimum atomic E-state index is -0.742. The normalized spacial score (nSPS) is 10.9. The van der Waals surface area contributed by atoms with Crippen molar-refractivity contribution in [2.24, 2.45) is 5.73 Å². The number of nitrogens with two attached hydrogens (primary N) is 1. The second-order valence-electron chi connectivity index (χ2n) is 6.93. The van der Waals surface area contributed by atoms with Crippen molar-refractivity contribution in [1.82, 2.24) is 5.32 Å². The first-order chi connectivity index (χ1) is 14.4. The number of primary amides is 1.